The molecule has 1 amide bonds. The number of ether oxygens (including phenoxy) is 1. The summed E-state index contributed by atoms with van der Waals surface area (Å²) in [6, 6.07) is 1.25. The van der Waals surface area contributed by atoms with E-state index in [1.807, 2.05) is 6.92 Å². The molecule has 1 aromatic heterocycles. The predicted octanol–water partition coefficient (Wildman–Crippen LogP) is 1.89. The van der Waals surface area contributed by atoms with Crippen LogP contribution in [0, 0.1) is 10.1 Å². The van der Waals surface area contributed by atoms with E-state index in [2.05, 4.69) is 4.98 Å². The quantitative estimate of drug-likeness (QED) is 0.483. The molecule has 1 aromatic rings. The van der Waals surface area contributed by atoms with Crippen LogP contribution in [0.4, 0.5) is 5.69 Å². The Hall–Kier alpha value is -1.73. The first-order chi connectivity index (χ1) is 9.56. The molecule has 2 rings (SSSR count). The number of morpholine rings is 1. The van der Waals surface area contributed by atoms with E-state index in [1.54, 1.807) is 4.90 Å². The lowest BCUT2D eigenvalue weighted by molar-refractivity contribution is -0.385. The third-order valence-corrected chi connectivity index (χ3v) is 3.53. The Labute approximate surface area is 120 Å². The first-order valence-electron chi connectivity index (χ1n) is 6.23. The first-order valence-corrected chi connectivity index (χ1v) is 6.61. The van der Waals surface area contributed by atoms with Crippen molar-refractivity contribution in [2.24, 2.45) is 0 Å². The monoisotopic (exact) mass is 299 g/mol. The lowest BCUT2D eigenvalue weighted by atomic mass is 10.1. The molecule has 0 bridgehead atoms. The molecule has 0 N–H and O–H groups in total. The number of pyridine rings is 1. The molecule has 1 fully saturated rings. The van der Waals surface area contributed by atoms with Crippen molar-refractivity contribution in [2.75, 3.05) is 19.8 Å². The molecule has 0 radical (unpaired) electrons. The van der Waals surface area contributed by atoms with Crippen molar-refractivity contribution in [3.8, 4) is 0 Å². The molecular formula is C12H14ClN3O4. The van der Waals surface area contributed by atoms with E-state index in [-0.39, 0.29) is 16.8 Å². The SMILES string of the molecule is CCC1COCCN1C(=O)c1ccnc(Cl)c1[N+](=O)[O-]. The molecule has 1 aliphatic rings. The number of nitrogens with zero attached hydrogens (tertiary/aromatic N) is 3. The zero-order chi connectivity index (χ0) is 14.7. The minimum absolute atomic E-state index is 0.0321. The molecule has 7 nitrogen and oxygen atoms in total. The topological polar surface area (TPSA) is 85.6 Å². The smallest absolute Gasteiger partial charge is 0.319 e. The third kappa shape index (κ3) is 2.73. The Balaban J connectivity index is 2.38. The van der Waals surface area contributed by atoms with E-state index in [0.717, 1.165) is 6.42 Å². The fourth-order valence-corrected chi connectivity index (χ4v) is 2.42. The van der Waals surface area contributed by atoms with Gasteiger partial charge in [-0.1, -0.05) is 18.5 Å². The van der Waals surface area contributed by atoms with E-state index in [0.29, 0.717) is 19.8 Å². The minimum Gasteiger partial charge on any atom is -0.377 e. The summed E-state index contributed by atoms with van der Waals surface area (Å²) >= 11 is 5.73. The third-order valence-electron chi connectivity index (χ3n) is 3.25. The van der Waals surface area contributed by atoms with Crippen molar-refractivity contribution in [1.29, 1.82) is 0 Å². The normalized spacial score (nSPS) is 18.9. The number of rotatable bonds is 3. The number of hydrogen-bond acceptors (Lipinski definition) is 5. The summed E-state index contributed by atoms with van der Waals surface area (Å²) < 4.78 is 5.32. The van der Waals surface area contributed by atoms with Crippen molar-refractivity contribution < 1.29 is 14.5 Å². The highest BCUT2D eigenvalue weighted by atomic mass is 35.5. The van der Waals surface area contributed by atoms with Gasteiger partial charge in [0, 0.05) is 12.7 Å². The van der Waals surface area contributed by atoms with Gasteiger partial charge in [-0.25, -0.2) is 4.98 Å². The molecule has 1 aliphatic heterocycles. The van der Waals surface area contributed by atoms with Crippen molar-refractivity contribution in [1.82, 2.24) is 9.88 Å². The second-order valence-corrected chi connectivity index (χ2v) is 4.75. The highest BCUT2D eigenvalue weighted by molar-refractivity contribution is 6.32. The van der Waals surface area contributed by atoms with Gasteiger partial charge in [0.2, 0.25) is 5.15 Å². The lowest BCUT2D eigenvalue weighted by Crippen LogP contribution is -2.48. The number of halogens is 1. The maximum absolute atomic E-state index is 12.5. The number of hydrogen-bond donors (Lipinski definition) is 0. The summed E-state index contributed by atoms with van der Waals surface area (Å²) in [6.07, 6.45) is 2.02. The van der Waals surface area contributed by atoms with Crippen molar-refractivity contribution in [3.63, 3.8) is 0 Å². The van der Waals surface area contributed by atoms with Crippen LogP contribution in [0.3, 0.4) is 0 Å². The fourth-order valence-electron chi connectivity index (χ4n) is 2.19. The van der Waals surface area contributed by atoms with Gasteiger partial charge in [-0.15, -0.1) is 0 Å². The molecule has 8 heteroatoms. The van der Waals surface area contributed by atoms with Gasteiger partial charge in [0.1, 0.15) is 5.56 Å². The van der Waals surface area contributed by atoms with E-state index in [1.165, 1.54) is 12.3 Å². The maximum Gasteiger partial charge on any atom is 0.319 e. The van der Waals surface area contributed by atoms with Gasteiger partial charge in [-0.05, 0) is 12.5 Å². The van der Waals surface area contributed by atoms with E-state index in [9.17, 15) is 14.9 Å². The number of carbonyl (C=O) groups is 1. The van der Waals surface area contributed by atoms with E-state index in [4.69, 9.17) is 16.3 Å². The molecule has 0 spiro atoms. The largest absolute Gasteiger partial charge is 0.377 e. The molecule has 0 aromatic carbocycles. The van der Waals surface area contributed by atoms with Crippen LogP contribution in [0.5, 0.6) is 0 Å². The number of nitro groups is 1. The van der Waals surface area contributed by atoms with Crippen molar-refractivity contribution in [3.05, 3.63) is 33.1 Å². The molecule has 1 unspecified atom stereocenters. The first kappa shape index (κ1) is 14.7. The van der Waals surface area contributed by atoms with Crippen LogP contribution >= 0.6 is 11.6 Å². The Morgan fingerprint density at radius 2 is 2.45 bits per heavy atom. The Bertz CT molecular complexity index is 537. The summed E-state index contributed by atoms with van der Waals surface area (Å²) in [5, 5.41) is 10.8. The van der Waals surface area contributed by atoms with Gasteiger partial charge in [0.05, 0.1) is 24.2 Å². The number of carbonyl (C=O) groups excluding carboxylic acids is 1. The van der Waals surface area contributed by atoms with Crippen LogP contribution in [-0.2, 0) is 4.74 Å². The predicted molar refractivity (Wildman–Crippen MR) is 71.8 cm³/mol. The summed E-state index contributed by atoms with van der Waals surface area (Å²) in [5.41, 5.74) is -0.476. The molecular weight excluding hydrogens is 286 g/mol. The van der Waals surface area contributed by atoms with Gasteiger partial charge in [0.25, 0.3) is 5.91 Å². The highest BCUT2D eigenvalue weighted by Gasteiger charge is 2.32. The van der Waals surface area contributed by atoms with E-state index < -0.39 is 16.5 Å². The van der Waals surface area contributed by atoms with Gasteiger partial charge in [0.15, 0.2) is 0 Å². The van der Waals surface area contributed by atoms with Gasteiger partial charge in [-0.2, -0.15) is 0 Å². The minimum atomic E-state index is -0.677. The van der Waals surface area contributed by atoms with Gasteiger partial charge >= 0.3 is 5.69 Å². The highest BCUT2D eigenvalue weighted by Crippen LogP contribution is 2.28. The Kier molecular flexibility index (Phi) is 4.51. The summed E-state index contributed by atoms with van der Waals surface area (Å²) in [4.78, 5) is 28.2. The van der Waals surface area contributed by atoms with Crippen LogP contribution < -0.4 is 0 Å². The standard InChI is InChI=1S/C12H14ClN3O4/c1-2-8-7-20-6-5-15(8)12(17)9-3-4-14-11(13)10(9)16(18)19/h3-4,8H,2,5-7H2,1H3. The van der Waals surface area contributed by atoms with Crippen LogP contribution in [-0.4, -0.2) is 46.5 Å². The summed E-state index contributed by atoms with van der Waals surface area (Å²) in [5.74, 6) is -0.406. The maximum atomic E-state index is 12.5. The molecule has 20 heavy (non-hydrogen) atoms. The zero-order valence-corrected chi connectivity index (χ0v) is 11.7. The van der Waals surface area contributed by atoms with Crippen molar-refractivity contribution >= 4 is 23.2 Å². The summed E-state index contributed by atoms with van der Waals surface area (Å²) in [6.45, 7) is 3.21. The average molecular weight is 300 g/mol. The lowest BCUT2D eigenvalue weighted by Gasteiger charge is -2.35. The Morgan fingerprint density at radius 3 is 3.10 bits per heavy atom. The van der Waals surface area contributed by atoms with Crippen LogP contribution in [0.25, 0.3) is 0 Å². The average Bonchev–Trinajstić information content (AvgIpc) is 2.45. The summed E-state index contributed by atoms with van der Waals surface area (Å²) in [7, 11) is 0. The van der Waals surface area contributed by atoms with Crippen LogP contribution in [0.2, 0.25) is 5.15 Å². The Morgan fingerprint density at radius 1 is 1.70 bits per heavy atom. The second kappa shape index (κ2) is 6.15. The molecule has 2 heterocycles. The number of amides is 1. The molecule has 108 valence electrons. The molecule has 0 saturated carbocycles. The van der Waals surface area contributed by atoms with Crippen LogP contribution in [0.15, 0.2) is 12.3 Å². The number of aromatic nitrogens is 1. The van der Waals surface area contributed by atoms with E-state index >= 15 is 0 Å². The molecule has 0 aliphatic carbocycles. The molecule has 1 saturated heterocycles. The van der Waals surface area contributed by atoms with Gasteiger partial charge in [-0.3, -0.25) is 14.9 Å². The van der Waals surface area contributed by atoms with Crippen LogP contribution in [0.1, 0.15) is 23.7 Å². The van der Waals surface area contributed by atoms with Gasteiger partial charge < -0.3 is 9.64 Å². The van der Waals surface area contributed by atoms with Crippen molar-refractivity contribution in [2.45, 2.75) is 19.4 Å². The molecule has 1 atom stereocenters. The fraction of sp³-hybridized carbons (Fsp3) is 0.500. The second-order valence-electron chi connectivity index (χ2n) is 4.39. The zero-order valence-electron chi connectivity index (χ0n) is 10.9.